The van der Waals surface area contributed by atoms with E-state index in [2.05, 4.69) is 23.4 Å². The molecule has 0 saturated heterocycles. The number of nitriles is 1. The van der Waals surface area contributed by atoms with Crippen molar-refractivity contribution in [3.05, 3.63) is 5.56 Å². The summed E-state index contributed by atoms with van der Waals surface area (Å²) in [5.41, 5.74) is 6.55. The lowest BCUT2D eigenvalue weighted by molar-refractivity contribution is 0.333. The molecule has 0 aliphatic heterocycles. The van der Waals surface area contributed by atoms with Crippen molar-refractivity contribution in [2.75, 3.05) is 17.6 Å². The van der Waals surface area contributed by atoms with Gasteiger partial charge in [-0.05, 0) is 19.3 Å². The topological polar surface area (TPSA) is 79.7 Å². The molecule has 1 heterocycles. The Kier molecular flexibility index (Phi) is 4.08. The van der Waals surface area contributed by atoms with Gasteiger partial charge in [-0.3, -0.25) is 0 Å². The SMILES string of the molecule is CCCNc1nn(C2CCCCC2)c(N)c1C#N. The van der Waals surface area contributed by atoms with Crippen molar-refractivity contribution in [2.24, 2.45) is 0 Å². The molecule has 1 aromatic rings. The average molecular weight is 247 g/mol. The van der Waals surface area contributed by atoms with Crippen molar-refractivity contribution in [1.29, 1.82) is 5.26 Å². The third-order valence-corrected chi connectivity index (χ3v) is 3.52. The van der Waals surface area contributed by atoms with Crippen LogP contribution in [-0.2, 0) is 0 Å². The van der Waals surface area contributed by atoms with Crippen molar-refractivity contribution in [3.63, 3.8) is 0 Å². The normalized spacial score (nSPS) is 16.4. The summed E-state index contributed by atoms with van der Waals surface area (Å²) in [5, 5.41) is 16.9. The minimum Gasteiger partial charge on any atom is -0.383 e. The lowest BCUT2D eigenvalue weighted by Crippen LogP contribution is -2.16. The van der Waals surface area contributed by atoms with Gasteiger partial charge in [0.05, 0.1) is 6.04 Å². The maximum atomic E-state index is 9.19. The summed E-state index contributed by atoms with van der Waals surface area (Å²) in [5.74, 6) is 1.16. The number of aromatic nitrogens is 2. The van der Waals surface area contributed by atoms with Crippen molar-refractivity contribution >= 4 is 11.6 Å². The van der Waals surface area contributed by atoms with Gasteiger partial charge < -0.3 is 11.1 Å². The number of nitrogens with one attached hydrogen (secondary N) is 1. The fourth-order valence-electron chi connectivity index (χ4n) is 2.53. The van der Waals surface area contributed by atoms with E-state index >= 15 is 0 Å². The average Bonchev–Trinajstić information content (AvgIpc) is 2.73. The minimum absolute atomic E-state index is 0.364. The third-order valence-electron chi connectivity index (χ3n) is 3.52. The van der Waals surface area contributed by atoms with E-state index in [1.807, 2.05) is 4.68 Å². The van der Waals surface area contributed by atoms with Gasteiger partial charge in [0.1, 0.15) is 17.5 Å². The van der Waals surface area contributed by atoms with Crippen molar-refractivity contribution < 1.29 is 0 Å². The summed E-state index contributed by atoms with van der Waals surface area (Å²) in [4.78, 5) is 0. The van der Waals surface area contributed by atoms with Crippen molar-refractivity contribution in [2.45, 2.75) is 51.5 Å². The molecule has 1 saturated carbocycles. The van der Waals surface area contributed by atoms with E-state index < -0.39 is 0 Å². The quantitative estimate of drug-likeness (QED) is 0.857. The summed E-state index contributed by atoms with van der Waals surface area (Å²) < 4.78 is 1.86. The number of anilines is 2. The Bertz CT molecular complexity index is 437. The Morgan fingerprint density at radius 3 is 2.78 bits per heavy atom. The number of nitrogen functional groups attached to an aromatic ring is 1. The second kappa shape index (κ2) is 5.76. The first kappa shape index (κ1) is 12.7. The van der Waals surface area contributed by atoms with Crippen LogP contribution in [0.25, 0.3) is 0 Å². The van der Waals surface area contributed by atoms with Gasteiger partial charge in [0, 0.05) is 6.54 Å². The lowest BCUT2D eigenvalue weighted by Gasteiger charge is -2.22. The van der Waals surface area contributed by atoms with E-state index in [4.69, 9.17) is 5.73 Å². The molecule has 98 valence electrons. The first-order valence-corrected chi connectivity index (χ1v) is 6.79. The molecule has 0 bridgehead atoms. The number of rotatable bonds is 4. The molecular weight excluding hydrogens is 226 g/mol. The van der Waals surface area contributed by atoms with E-state index in [1.165, 1.54) is 19.3 Å². The number of hydrogen-bond acceptors (Lipinski definition) is 4. The summed E-state index contributed by atoms with van der Waals surface area (Å²) in [6.07, 6.45) is 6.98. The Labute approximate surface area is 108 Å². The predicted molar refractivity (Wildman–Crippen MR) is 72.3 cm³/mol. The van der Waals surface area contributed by atoms with Crippen LogP contribution in [0.15, 0.2) is 0 Å². The highest BCUT2D eigenvalue weighted by molar-refractivity contribution is 5.63. The molecule has 0 radical (unpaired) electrons. The number of nitrogens with two attached hydrogens (primary N) is 1. The van der Waals surface area contributed by atoms with E-state index in [9.17, 15) is 5.26 Å². The molecule has 0 unspecified atom stereocenters. The number of hydrogen-bond donors (Lipinski definition) is 2. The largest absolute Gasteiger partial charge is 0.383 e. The monoisotopic (exact) mass is 247 g/mol. The van der Waals surface area contributed by atoms with Crippen LogP contribution in [-0.4, -0.2) is 16.3 Å². The van der Waals surface area contributed by atoms with Crippen LogP contribution in [0.4, 0.5) is 11.6 Å². The Balaban J connectivity index is 2.25. The summed E-state index contributed by atoms with van der Waals surface area (Å²) in [6, 6.07) is 2.53. The Hall–Kier alpha value is -1.70. The molecule has 18 heavy (non-hydrogen) atoms. The van der Waals surface area contributed by atoms with Crippen LogP contribution in [0.3, 0.4) is 0 Å². The first-order valence-electron chi connectivity index (χ1n) is 6.79. The second-order valence-corrected chi connectivity index (χ2v) is 4.88. The fourth-order valence-corrected chi connectivity index (χ4v) is 2.53. The lowest BCUT2D eigenvalue weighted by atomic mass is 9.96. The molecular formula is C13H21N5. The van der Waals surface area contributed by atoms with Crippen molar-refractivity contribution in [1.82, 2.24) is 9.78 Å². The Morgan fingerprint density at radius 2 is 2.17 bits per heavy atom. The molecule has 0 aromatic carbocycles. The van der Waals surface area contributed by atoms with Crippen LogP contribution in [0.5, 0.6) is 0 Å². The molecule has 2 rings (SSSR count). The van der Waals surface area contributed by atoms with Gasteiger partial charge in [0.2, 0.25) is 0 Å². The molecule has 0 spiro atoms. The van der Waals surface area contributed by atoms with Gasteiger partial charge >= 0.3 is 0 Å². The smallest absolute Gasteiger partial charge is 0.168 e. The van der Waals surface area contributed by atoms with Crippen LogP contribution in [0.2, 0.25) is 0 Å². The fraction of sp³-hybridized carbons (Fsp3) is 0.692. The van der Waals surface area contributed by atoms with Crippen LogP contribution in [0, 0.1) is 11.3 Å². The summed E-state index contributed by atoms with van der Waals surface area (Å²) >= 11 is 0. The van der Waals surface area contributed by atoms with Crippen LogP contribution in [0.1, 0.15) is 57.1 Å². The molecule has 3 N–H and O–H groups in total. The van der Waals surface area contributed by atoms with Crippen LogP contribution < -0.4 is 11.1 Å². The maximum absolute atomic E-state index is 9.19. The molecule has 0 amide bonds. The highest BCUT2D eigenvalue weighted by Crippen LogP contribution is 2.32. The van der Waals surface area contributed by atoms with E-state index in [-0.39, 0.29) is 0 Å². The zero-order valence-corrected chi connectivity index (χ0v) is 10.9. The molecule has 5 heteroatoms. The zero-order chi connectivity index (χ0) is 13.0. The van der Waals surface area contributed by atoms with Gasteiger partial charge in [0.15, 0.2) is 5.82 Å². The van der Waals surface area contributed by atoms with Gasteiger partial charge in [0.25, 0.3) is 0 Å². The van der Waals surface area contributed by atoms with Crippen LogP contribution >= 0.6 is 0 Å². The molecule has 1 aromatic heterocycles. The molecule has 1 fully saturated rings. The second-order valence-electron chi connectivity index (χ2n) is 4.88. The highest BCUT2D eigenvalue weighted by Gasteiger charge is 2.22. The highest BCUT2D eigenvalue weighted by atomic mass is 15.4. The maximum Gasteiger partial charge on any atom is 0.168 e. The summed E-state index contributed by atoms with van der Waals surface area (Å²) in [7, 11) is 0. The van der Waals surface area contributed by atoms with E-state index in [0.29, 0.717) is 23.2 Å². The third kappa shape index (κ3) is 2.42. The molecule has 5 nitrogen and oxygen atoms in total. The predicted octanol–water partition coefficient (Wildman–Crippen LogP) is 2.66. The number of nitrogens with zero attached hydrogens (tertiary/aromatic N) is 3. The molecule has 0 atom stereocenters. The standard InChI is InChI=1S/C13H21N5/c1-2-8-16-13-11(9-14)12(15)18(17-13)10-6-4-3-5-7-10/h10H,2-8,15H2,1H3,(H,16,17). The van der Waals surface area contributed by atoms with Gasteiger partial charge in [-0.1, -0.05) is 26.2 Å². The van der Waals surface area contributed by atoms with Crippen molar-refractivity contribution in [3.8, 4) is 6.07 Å². The van der Waals surface area contributed by atoms with E-state index in [1.54, 1.807) is 0 Å². The first-order chi connectivity index (χ1) is 8.77. The Morgan fingerprint density at radius 1 is 1.44 bits per heavy atom. The molecule has 1 aliphatic rings. The van der Waals surface area contributed by atoms with Gasteiger partial charge in [-0.25, -0.2) is 4.68 Å². The van der Waals surface area contributed by atoms with Gasteiger partial charge in [-0.15, -0.1) is 0 Å². The van der Waals surface area contributed by atoms with Gasteiger partial charge in [-0.2, -0.15) is 10.4 Å². The molecule has 1 aliphatic carbocycles. The minimum atomic E-state index is 0.364. The zero-order valence-electron chi connectivity index (χ0n) is 10.9. The summed E-state index contributed by atoms with van der Waals surface area (Å²) in [6.45, 7) is 2.90. The van der Waals surface area contributed by atoms with E-state index in [0.717, 1.165) is 25.8 Å².